The molecule has 2 aliphatic rings. The van der Waals surface area contributed by atoms with Crippen molar-refractivity contribution in [1.82, 2.24) is 0 Å². The van der Waals surface area contributed by atoms with E-state index in [-0.39, 0.29) is 0 Å². The fraction of sp³-hybridized carbons (Fsp3) is 0. The molecule has 0 radical (unpaired) electrons. The Hall–Kier alpha value is -7.30. The zero-order valence-electron chi connectivity index (χ0n) is 29.2. The lowest BCUT2D eigenvalue weighted by Crippen LogP contribution is -2.15. The summed E-state index contributed by atoms with van der Waals surface area (Å²) in [6, 6.07) is 68.5. The van der Waals surface area contributed by atoms with Crippen molar-refractivity contribution >= 4 is 55.7 Å². The molecule has 0 unspecified atom stereocenters. The van der Waals surface area contributed by atoms with Crippen LogP contribution >= 0.6 is 0 Å². The third kappa shape index (κ3) is 5.00. The lowest BCUT2D eigenvalue weighted by molar-refractivity contribution is 0.477. The summed E-state index contributed by atoms with van der Waals surface area (Å²) in [5, 5.41) is 4.83. The van der Waals surface area contributed by atoms with E-state index >= 15 is 0 Å². The average Bonchev–Trinajstić information content (AvgIpc) is 3.24. The maximum absolute atomic E-state index is 6.46. The van der Waals surface area contributed by atoms with Gasteiger partial charge in [0.1, 0.15) is 0 Å². The monoisotopic (exact) mass is 692 g/mol. The van der Waals surface area contributed by atoms with Crippen molar-refractivity contribution in [1.29, 1.82) is 0 Å². The van der Waals surface area contributed by atoms with E-state index in [1.807, 2.05) is 24.3 Å². The van der Waals surface area contributed by atoms with E-state index in [2.05, 4.69) is 180 Å². The molecule has 0 atom stereocenters. The first-order chi connectivity index (χ1) is 26.7. The summed E-state index contributed by atoms with van der Waals surface area (Å²) in [4.78, 5) is 4.63. The molecule has 0 saturated carbocycles. The number of para-hydroxylation sites is 4. The Balaban J connectivity index is 0.961. The van der Waals surface area contributed by atoms with Crippen molar-refractivity contribution in [3.05, 3.63) is 194 Å². The highest BCUT2D eigenvalue weighted by Crippen LogP contribution is 2.53. The Morgan fingerprint density at radius 2 is 0.630 bits per heavy atom. The number of fused-ring (bicyclic) bond motifs is 6. The summed E-state index contributed by atoms with van der Waals surface area (Å²) in [7, 11) is 0. The SMILES string of the molecule is c1ccc2c(c1)Oc1ccc(-c3ccc(-c4ccc5c(c4)N(c4ccc6ccccc6c4)c4ccccc4O5)cc3)cc1N2c1ccc2ccccc2c1. The van der Waals surface area contributed by atoms with Gasteiger partial charge in [-0.1, -0.05) is 121 Å². The highest BCUT2D eigenvalue weighted by Gasteiger charge is 2.28. The molecule has 0 spiro atoms. The van der Waals surface area contributed by atoms with Crippen molar-refractivity contribution in [2.75, 3.05) is 9.80 Å². The molecule has 9 aromatic rings. The van der Waals surface area contributed by atoms with E-state index in [0.717, 1.165) is 79.4 Å². The minimum Gasteiger partial charge on any atom is -0.453 e. The van der Waals surface area contributed by atoms with Gasteiger partial charge in [-0.3, -0.25) is 0 Å². The van der Waals surface area contributed by atoms with Crippen molar-refractivity contribution in [2.24, 2.45) is 0 Å². The summed E-state index contributed by atoms with van der Waals surface area (Å²) >= 11 is 0. The van der Waals surface area contributed by atoms with Crippen LogP contribution in [0.5, 0.6) is 23.0 Å². The van der Waals surface area contributed by atoms with Gasteiger partial charge < -0.3 is 19.3 Å². The second-order valence-electron chi connectivity index (χ2n) is 13.8. The molecule has 254 valence electrons. The van der Waals surface area contributed by atoms with E-state index in [1.165, 1.54) is 21.5 Å². The highest BCUT2D eigenvalue weighted by atomic mass is 16.5. The highest BCUT2D eigenvalue weighted by molar-refractivity contribution is 5.95. The number of ether oxygens (including phenoxy) is 2. The van der Waals surface area contributed by atoms with Gasteiger partial charge in [0.2, 0.25) is 0 Å². The first-order valence-corrected chi connectivity index (χ1v) is 18.2. The number of hydrogen-bond acceptors (Lipinski definition) is 4. The molecule has 0 amide bonds. The molecule has 9 aromatic carbocycles. The summed E-state index contributed by atoms with van der Waals surface area (Å²) < 4.78 is 12.9. The van der Waals surface area contributed by atoms with E-state index in [9.17, 15) is 0 Å². The van der Waals surface area contributed by atoms with Crippen LogP contribution in [-0.4, -0.2) is 0 Å². The molecule has 2 heterocycles. The molecule has 11 rings (SSSR count). The lowest BCUT2D eigenvalue weighted by Gasteiger charge is -2.33. The maximum Gasteiger partial charge on any atom is 0.151 e. The third-order valence-corrected chi connectivity index (χ3v) is 10.6. The van der Waals surface area contributed by atoms with E-state index in [1.54, 1.807) is 0 Å². The minimum absolute atomic E-state index is 0.830. The molecule has 0 aromatic heterocycles. The van der Waals surface area contributed by atoms with Crippen molar-refractivity contribution < 1.29 is 9.47 Å². The fourth-order valence-electron chi connectivity index (χ4n) is 7.91. The maximum atomic E-state index is 6.46. The van der Waals surface area contributed by atoms with Gasteiger partial charge in [-0.05, 0) is 117 Å². The quantitative estimate of drug-likeness (QED) is 0.183. The molecule has 0 N–H and O–H groups in total. The molecule has 0 aliphatic carbocycles. The lowest BCUT2D eigenvalue weighted by atomic mass is 9.98. The van der Waals surface area contributed by atoms with Crippen molar-refractivity contribution in [3.63, 3.8) is 0 Å². The van der Waals surface area contributed by atoms with Gasteiger partial charge in [0.25, 0.3) is 0 Å². The van der Waals surface area contributed by atoms with Gasteiger partial charge in [-0.2, -0.15) is 0 Å². The van der Waals surface area contributed by atoms with Gasteiger partial charge in [-0.15, -0.1) is 0 Å². The van der Waals surface area contributed by atoms with Crippen LogP contribution in [-0.2, 0) is 0 Å². The second kappa shape index (κ2) is 12.1. The molecule has 0 fully saturated rings. The van der Waals surface area contributed by atoms with Crippen LogP contribution in [0.1, 0.15) is 0 Å². The first-order valence-electron chi connectivity index (χ1n) is 18.2. The van der Waals surface area contributed by atoms with E-state index < -0.39 is 0 Å². The molecule has 0 bridgehead atoms. The fourth-order valence-corrected chi connectivity index (χ4v) is 7.91. The van der Waals surface area contributed by atoms with Crippen LogP contribution in [0.25, 0.3) is 43.8 Å². The van der Waals surface area contributed by atoms with Crippen LogP contribution in [0, 0.1) is 0 Å². The average molecular weight is 693 g/mol. The van der Waals surface area contributed by atoms with Crippen LogP contribution in [0.3, 0.4) is 0 Å². The van der Waals surface area contributed by atoms with Gasteiger partial charge in [0.15, 0.2) is 23.0 Å². The smallest absolute Gasteiger partial charge is 0.151 e. The number of benzene rings is 9. The van der Waals surface area contributed by atoms with Crippen LogP contribution in [0.2, 0.25) is 0 Å². The number of rotatable bonds is 4. The molecule has 54 heavy (non-hydrogen) atoms. The van der Waals surface area contributed by atoms with Crippen LogP contribution in [0.4, 0.5) is 34.1 Å². The zero-order valence-corrected chi connectivity index (χ0v) is 29.2. The first kappa shape index (κ1) is 30.3. The van der Waals surface area contributed by atoms with Gasteiger partial charge >= 0.3 is 0 Å². The predicted octanol–water partition coefficient (Wildman–Crippen LogP) is 14.5. The number of nitrogens with zero attached hydrogens (tertiary/aromatic N) is 2. The number of anilines is 6. The Labute approximate surface area is 313 Å². The number of hydrogen-bond donors (Lipinski definition) is 0. The van der Waals surface area contributed by atoms with Crippen LogP contribution < -0.4 is 19.3 Å². The summed E-state index contributed by atoms with van der Waals surface area (Å²) in [5.74, 6) is 3.34. The van der Waals surface area contributed by atoms with Crippen molar-refractivity contribution in [2.45, 2.75) is 0 Å². The largest absolute Gasteiger partial charge is 0.453 e. The Morgan fingerprint density at radius 3 is 1.09 bits per heavy atom. The van der Waals surface area contributed by atoms with E-state index in [0.29, 0.717) is 0 Å². The molecular formula is C50H32N2O2. The Morgan fingerprint density at radius 1 is 0.259 bits per heavy atom. The molecule has 0 saturated heterocycles. The van der Waals surface area contributed by atoms with Crippen LogP contribution in [0.15, 0.2) is 194 Å². The summed E-state index contributed by atoms with van der Waals surface area (Å²) in [5.41, 5.74) is 10.7. The third-order valence-electron chi connectivity index (χ3n) is 10.6. The topological polar surface area (TPSA) is 24.9 Å². The summed E-state index contributed by atoms with van der Waals surface area (Å²) in [6.07, 6.45) is 0. The second-order valence-corrected chi connectivity index (χ2v) is 13.8. The van der Waals surface area contributed by atoms with Gasteiger partial charge in [-0.25, -0.2) is 0 Å². The Kier molecular flexibility index (Phi) is 6.82. The van der Waals surface area contributed by atoms with Crippen molar-refractivity contribution in [3.8, 4) is 45.3 Å². The molecule has 4 nitrogen and oxygen atoms in total. The molecule has 4 heteroatoms. The van der Waals surface area contributed by atoms with Gasteiger partial charge in [0, 0.05) is 11.4 Å². The Bertz CT molecular complexity index is 2720. The summed E-state index contributed by atoms with van der Waals surface area (Å²) in [6.45, 7) is 0. The standard InChI is InChI=1S/C50H32N2O2/c1-3-11-37-29-41(25-21-33(37)9-1)51-43-13-5-7-15-47(43)53-49-27-23-39(31-45(49)51)35-17-19-36(20-18-35)40-24-28-50-46(32-40)52(44-14-6-8-16-48(44)54-50)42-26-22-34-10-2-4-12-38(34)30-42/h1-32H. The van der Waals surface area contributed by atoms with E-state index in [4.69, 9.17) is 9.47 Å². The van der Waals surface area contributed by atoms with Gasteiger partial charge in [0.05, 0.1) is 22.7 Å². The molecule has 2 aliphatic heterocycles. The minimum atomic E-state index is 0.830. The predicted molar refractivity (Wildman–Crippen MR) is 222 cm³/mol. The molecular weight excluding hydrogens is 661 g/mol. The zero-order chi connectivity index (χ0) is 35.6. The normalized spacial score (nSPS) is 12.7.